The van der Waals surface area contributed by atoms with E-state index in [1.165, 1.54) is 16.4 Å². The lowest BCUT2D eigenvalue weighted by molar-refractivity contribution is -0.139. The molecule has 2 aromatic carbocycles. The van der Waals surface area contributed by atoms with Crippen molar-refractivity contribution in [3.8, 4) is 0 Å². The predicted molar refractivity (Wildman–Crippen MR) is 119 cm³/mol. The molecule has 1 heterocycles. The van der Waals surface area contributed by atoms with Gasteiger partial charge in [0.15, 0.2) is 0 Å². The van der Waals surface area contributed by atoms with Crippen LogP contribution >= 0.6 is 0 Å². The highest BCUT2D eigenvalue weighted by molar-refractivity contribution is 7.89. The standard InChI is InChI=1S/C23H28FN3O4S/c1-17-9-11-20(12-10-17)32(30,31)27-15-5-4-7-19(27)13-14-25-22(28)23(29)26-16-18-6-2-3-8-21(18)24/h2-3,6,8-12,19H,4-5,7,13-16H2,1H3,(H,25,28)(H,26,29)/t19-/m1/s1. The van der Waals surface area contributed by atoms with Crippen LogP contribution in [-0.4, -0.2) is 43.7 Å². The van der Waals surface area contributed by atoms with Gasteiger partial charge in [-0.05, 0) is 44.4 Å². The maximum absolute atomic E-state index is 13.6. The summed E-state index contributed by atoms with van der Waals surface area (Å²) in [5.41, 5.74) is 1.27. The van der Waals surface area contributed by atoms with Gasteiger partial charge in [-0.2, -0.15) is 4.31 Å². The van der Waals surface area contributed by atoms with Crippen LogP contribution in [0.4, 0.5) is 4.39 Å². The van der Waals surface area contributed by atoms with E-state index >= 15 is 0 Å². The number of carbonyl (C=O) groups is 2. The van der Waals surface area contributed by atoms with Crippen LogP contribution in [0.3, 0.4) is 0 Å². The Morgan fingerprint density at radius 2 is 1.72 bits per heavy atom. The van der Waals surface area contributed by atoms with Gasteiger partial charge >= 0.3 is 11.8 Å². The van der Waals surface area contributed by atoms with Gasteiger partial charge in [0.05, 0.1) is 4.90 Å². The van der Waals surface area contributed by atoms with Gasteiger partial charge in [-0.15, -0.1) is 0 Å². The molecule has 1 saturated heterocycles. The number of nitrogens with one attached hydrogen (secondary N) is 2. The van der Waals surface area contributed by atoms with Gasteiger partial charge in [-0.25, -0.2) is 12.8 Å². The zero-order chi connectivity index (χ0) is 23.1. The number of nitrogens with zero attached hydrogens (tertiary/aromatic N) is 1. The minimum Gasteiger partial charge on any atom is -0.348 e. The Bertz CT molecular complexity index is 1060. The van der Waals surface area contributed by atoms with Crippen LogP contribution in [0, 0.1) is 12.7 Å². The third kappa shape index (κ3) is 5.92. The highest BCUT2D eigenvalue weighted by Gasteiger charge is 2.33. The average Bonchev–Trinajstić information content (AvgIpc) is 2.79. The van der Waals surface area contributed by atoms with Crippen LogP contribution in [0.25, 0.3) is 0 Å². The maximum Gasteiger partial charge on any atom is 0.309 e. The Morgan fingerprint density at radius 3 is 2.44 bits per heavy atom. The van der Waals surface area contributed by atoms with Crippen molar-refractivity contribution in [1.82, 2.24) is 14.9 Å². The van der Waals surface area contributed by atoms with Gasteiger partial charge in [-0.1, -0.05) is 42.3 Å². The fraction of sp³-hybridized carbons (Fsp3) is 0.391. The molecule has 32 heavy (non-hydrogen) atoms. The lowest BCUT2D eigenvalue weighted by Crippen LogP contribution is -2.46. The number of piperidine rings is 1. The van der Waals surface area contributed by atoms with Crippen LogP contribution in [0.1, 0.15) is 36.8 Å². The smallest absolute Gasteiger partial charge is 0.309 e. The molecule has 172 valence electrons. The SMILES string of the molecule is Cc1ccc(S(=O)(=O)N2CCCC[C@@H]2CCNC(=O)C(=O)NCc2ccccc2F)cc1. The Kier molecular flexibility index (Phi) is 7.98. The fourth-order valence-electron chi connectivity index (χ4n) is 3.75. The first-order valence-corrected chi connectivity index (χ1v) is 12.1. The average molecular weight is 462 g/mol. The highest BCUT2D eigenvalue weighted by atomic mass is 32.2. The largest absolute Gasteiger partial charge is 0.348 e. The van der Waals surface area contributed by atoms with Crippen molar-refractivity contribution < 1.29 is 22.4 Å². The molecule has 0 aliphatic carbocycles. The van der Waals surface area contributed by atoms with Crippen molar-refractivity contribution in [1.29, 1.82) is 0 Å². The molecule has 0 bridgehead atoms. The minimum atomic E-state index is -3.63. The van der Waals surface area contributed by atoms with Crippen molar-refractivity contribution in [2.45, 2.75) is 50.1 Å². The summed E-state index contributed by atoms with van der Waals surface area (Å²) >= 11 is 0. The quantitative estimate of drug-likeness (QED) is 0.620. The van der Waals surface area contributed by atoms with E-state index in [-0.39, 0.29) is 29.6 Å². The molecule has 0 saturated carbocycles. The summed E-state index contributed by atoms with van der Waals surface area (Å²) in [5, 5.41) is 4.92. The van der Waals surface area contributed by atoms with E-state index in [4.69, 9.17) is 0 Å². The predicted octanol–water partition coefficient (Wildman–Crippen LogP) is 2.50. The van der Waals surface area contributed by atoms with E-state index in [1.54, 1.807) is 36.4 Å². The monoisotopic (exact) mass is 461 g/mol. The molecule has 1 atom stereocenters. The Balaban J connectivity index is 1.53. The third-order valence-corrected chi connectivity index (χ3v) is 7.53. The van der Waals surface area contributed by atoms with Crippen molar-refractivity contribution in [3.63, 3.8) is 0 Å². The van der Waals surface area contributed by atoms with Gasteiger partial charge in [0.1, 0.15) is 5.82 Å². The van der Waals surface area contributed by atoms with E-state index in [2.05, 4.69) is 10.6 Å². The van der Waals surface area contributed by atoms with Crippen molar-refractivity contribution in [3.05, 3.63) is 65.5 Å². The third-order valence-electron chi connectivity index (χ3n) is 5.57. The van der Waals surface area contributed by atoms with Crippen molar-refractivity contribution >= 4 is 21.8 Å². The van der Waals surface area contributed by atoms with E-state index < -0.39 is 27.7 Å². The second kappa shape index (κ2) is 10.7. The fourth-order valence-corrected chi connectivity index (χ4v) is 5.48. The first-order chi connectivity index (χ1) is 15.3. The number of amides is 2. The highest BCUT2D eigenvalue weighted by Crippen LogP contribution is 2.27. The van der Waals surface area contributed by atoms with Crippen LogP contribution in [0.15, 0.2) is 53.4 Å². The van der Waals surface area contributed by atoms with Gasteiger partial charge in [0.25, 0.3) is 0 Å². The molecule has 0 aromatic heterocycles. The Labute approximate surface area is 188 Å². The summed E-state index contributed by atoms with van der Waals surface area (Å²) in [4.78, 5) is 24.3. The van der Waals surface area contributed by atoms with E-state index in [9.17, 15) is 22.4 Å². The molecule has 0 radical (unpaired) electrons. The normalized spacial score (nSPS) is 17.0. The molecule has 2 amide bonds. The van der Waals surface area contributed by atoms with E-state index in [0.29, 0.717) is 19.4 Å². The van der Waals surface area contributed by atoms with Gasteiger partial charge in [0.2, 0.25) is 10.0 Å². The van der Waals surface area contributed by atoms with Crippen molar-refractivity contribution in [2.75, 3.05) is 13.1 Å². The van der Waals surface area contributed by atoms with Gasteiger partial charge in [0, 0.05) is 31.2 Å². The summed E-state index contributed by atoms with van der Waals surface area (Å²) in [6.45, 7) is 2.40. The number of hydrogen-bond acceptors (Lipinski definition) is 4. The summed E-state index contributed by atoms with van der Waals surface area (Å²) in [6, 6.07) is 12.5. The van der Waals surface area contributed by atoms with E-state index in [0.717, 1.165) is 18.4 Å². The summed E-state index contributed by atoms with van der Waals surface area (Å²) in [5.74, 6) is -2.15. The Morgan fingerprint density at radius 1 is 1.03 bits per heavy atom. The summed E-state index contributed by atoms with van der Waals surface area (Å²) in [6.07, 6.45) is 2.78. The molecule has 9 heteroatoms. The number of aryl methyl sites for hydroxylation is 1. The van der Waals surface area contributed by atoms with Crippen LogP contribution in [-0.2, 0) is 26.2 Å². The van der Waals surface area contributed by atoms with Crippen LogP contribution < -0.4 is 10.6 Å². The number of sulfonamides is 1. The minimum absolute atomic E-state index is 0.0931. The second-order valence-electron chi connectivity index (χ2n) is 7.90. The lowest BCUT2D eigenvalue weighted by atomic mass is 10.0. The number of benzene rings is 2. The van der Waals surface area contributed by atoms with Gasteiger partial charge < -0.3 is 10.6 Å². The molecule has 7 nitrogen and oxygen atoms in total. The number of hydrogen-bond donors (Lipinski definition) is 2. The number of rotatable bonds is 7. The molecule has 1 fully saturated rings. The molecule has 0 unspecified atom stereocenters. The molecule has 1 aliphatic heterocycles. The van der Waals surface area contributed by atoms with Crippen molar-refractivity contribution in [2.24, 2.45) is 0 Å². The lowest BCUT2D eigenvalue weighted by Gasteiger charge is -2.34. The van der Waals surface area contributed by atoms with E-state index in [1.807, 2.05) is 6.92 Å². The first kappa shape index (κ1) is 23.9. The molecule has 1 aliphatic rings. The second-order valence-corrected chi connectivity index (χ2v) is 9.79. The molecule has 0 spiro atoms. The number of carbonyl (C=O) groups excluding carboxylic acids is 2. The summed E-state index contributed by atoms with van der Waals surface area (Å²) < 4.78 is 41.3. The molecular formula is C23H28FN3O4S. The number of halogens is 1. The molecule has 2 aromatic rings. The zero-order valence-corrected chi connectivity index (χ0v) is 18.8. The first-order valence-electron chi connectivity index (χ1n) is 10.7. The molecule has 2 N–H and O–H groups in total. The van der Waals surface area contributed by atoms with Crippen LogP contribution in [0.5, 0.6) is 0 Å². The summed E-state index contributed by atoms with van der Waals surface area (Å²) in [7, 11) is -3.63. The zero-order valence-electron chi connectivity index (χ0n) is 18.0. The maximum atomic E-state index is 13.6. The van der Waals surface area contributed by atoms with Crippen LogP contribution in [0.2, 0.25) is 0 Å². The molecule has 3 rings (SSSR count). The molecular weight excluding hydrogens is 433 g/mol. The topological polar surface area (TPSA) is 95.6 Å². The van der Waals surface area contributed by atoms with Gasteiger partial charge in [-0.3, -0.25) is 9.59 Å². The Hall–Kier alpha value is -2.78.